The molecule has 108 valence electrons. The van der Waals surface area contributed by atoms with Crippen molar-refractivity contribution in [3.05, 3.63) is 30.1 Å². The molecule has 1 aromatic carbocycles. The second-order valence-electron chi connectivity index (χ2n) is 6.39. The standard InChI is InChI=1S/C17H24N2O/c1-5-10-19-15-9-7-6-8-14(15)18-16(19)12-17(3,4)11-13(2)20/h6-9H,5,10-12H2,1-4H3. The van der Waals surface area contributed by atoms with E-state index >= 15 is 0 Å². The maximum atomic E-state index is 11.4. The Bertz CT molecular complexity index is 610. The molecule has 0 N–H and O–H groups in total. The number of aromatic nitrogens is 2. The Balaban J connectivity index is 2.38. The zero-order valence-electron chi connectivity index (χ0n) is 12.9. The normalized spacial score (nSPS) is 12.0. The van der Waals surface area contributed by atoms with E-state index in [1.54, 1.807) is 6.92 Å². The second-order valence-corrected chi connectivity index (χ2v) is 6.39. The van der Waals surface area contributed by atoms with Gasteiger partial charge in [-0.05, 0) is 30.9 Å². The second kappa shape index (κ2) is 5.78. The number of Topliss-reactive ketones (excluding diaryl/α,β-unsaturated/α-hetero) is 1. The number of carbonyl (C=O) groups is 1. The monoisotopic (exact) mass is 272 g/mol. The van der Waals surface area contributed by atoms with Crippen LogP contribution < -0.4 is 0 Å². The summed E-state index contributed by atoms with van der Waals surface area (Å²) in [5, 5.41) is 0. The Kier molecular flexibility index (Phi) is 4.26. The summed E-state index contributed by atoms with van der Waals surface area (Å²) in [5.41, 5.74) is 2.20. The van der Waals surface area contributed by atoms with Crippen molar-refractivity contribution in [2.75, 3.05) is 0 Å². The maximum absolute atomic E-state index is 11.4. The number of aryl methyl sites for hydroxylation is 1. The fraction of sp³-hybridized carbons (Fsp3) is 0.529. The van der Waals surface area contributed by atoms with Gasteiger partial charge in [0.25, 0.3) is 0 Å². The zero-order valence-corrected chi connectivity index (χ0v) is 12.9. The van der Waals surface area contributed by atoms with Crippen LogP contribution in [0.15, 0.2) is 24.3 Å². The first-order valence-corrected chi connectivity index (χ1v) is 7.36. The molecule has 1 aromatic heterocycles. The number of para-hydroxylation sites is 2. The van der Waals surface area contributed by atoms with Gasteiger partial charge in [-0.1, -0.05) is 32.9 Å². The molecule has 0 saturated carbocycles. The molecule has 0 spiro atoms. The summed E-state index contributed by atoms with van der Waals surface area (Å²) in [6, 6.07) is 8.26. The average molecular weight is 272 g/mol. The summed E-state index contributed by atoms with van der Waals surface area (Å²) in [7, 11) is 0. The summed E-state index contributed by atoms with van der Waals surface area (Å²) in [4.78, 5) is 16.2. The van der Waals surface area contributed by atoms with E-state index in [1.807, 2.05) is 6.07 Å². The Morgan fingerprint density at radius 3 is 2.65 bits per heavy atom. The van der Waals surface area contributed by atoms with Gasteiger partial charge in [-0.2, -0.15) is 0 Å². The fourth-order valence-electron chi connectivity index (χ4n) is 2.90. The SMILES string of the molecule is CCCn1c(CC(C)(C)CC(C)=O)nc2ccccc21. The lowest BCUT2D eigenvalue weighted by Gasteiger charge is -2.23. The molecule has 0 radical (unpaired) electrons. The summed E-state index contributed by atoms with van der Waals surface area (Å²) in [6.45, 7) is 9.11. The predicted molar refractivity (Wildman–Crippen MR) is 82.8 cm³/mol. The summed E-state index contributed by atoms with van der Waals surface area (Å²) < 4.78 is 2.30. The van der Waals surface area contributed by atoms with Gasteiger partial charge < -0.3 is 9.36 Å². The van der Waals surface area contributed by atoms with Crippen molar-refractivity contribution in [1.29, 1.82) is 0 Å². The summed E-state index contributed by atoms with van der Waals surface area (Å²) >= 11 is 0. The number of hydrogen-bond donors (Lipinski definition) is 0. The first-order chi connectivity index (χ1) is 9.43. The molecule has 0 amide bonds. The topological polar surface area (TPSA) is 34.9 Å². The number of ketones is 1. The highest BCUT2D eigenvalue weighted by molar-refractivity contribution is 5.77. The smallest absolute Gasteiger partial charge is 0.130 e. The third kappa shape index (κ3) is 3.27. The number of nitrogens with zero attached hydrogens (tertiary/aromatic N) is 2. The van der Waals surface area contributed by atoms with Crippen LogP contribution in [0.1, 0.15) is 46.4 Å². The molecule has 0 aliphatic carbocycles. The van der Waals surface area contributed by atoms with Crippen LogP contribution in [0.4, 0.5) is 0 Å². The van der Waals surface area contributed by atoms with Crippen LogP contribution in [-0.4, -0.2) is 15.3 Å². The molecule has 3 nitrogen and oxygen atoms in total. The van der Waals surface area contributed by atoms with Crippen LogP contribution in [0.2, 0.25) is 0 Å². The molecule has 0 aliphatic heterocycles. The highest BCUT2D eigenvalue weighted by Gasteiger charge is 2.24. The minimum atomic E-state index is -0.0430. The van der Waals surface area contributed by atoms with Gasteiger partial charge in [0.05, 0.1) is 11.0 Å². The molecule has 0 unspecified atom stereocenters. The lowest BCUT2D eigenvalue weighted by atomic mass is 9.84. The first kappa shape index (κ1) is 14.8. The van der Waals surface area contributed by atoms with Gasteiger partial charge in [0, 0.05) is 19.4 Å². The molecule has 3 heteroatoms. The number of rotatable bonds is 6. The van der Waals surface area contributed by atoms with Crippen molar-refractivity contribution in [2.24, 2.45) is 5.41 Å². The van der Waals surface area contributed by atoms with E-state index in [0.29, 0.717) is 6.42 Å². The third-order valence-corrected chi connectivity index (χ3v) is 3.54. The fourth-order valence-corrected chi connectivity index (χ4v) is 2.90. The van der Waals surface area contributed by atoms with E-state index in [-0.39, 0.29) is 11.2 Å². The van der Waals surface area contributed by atoms with Gasteiger partial charge >= 0.3 is 0 Å². The molecular weight excluding hydrogens is 248 g/mol. The Labute approximate surface area is 121 Å². The molecule has 0 bridgehead atoms. The van der Waals surface area contributed by atoms with E-state index in [1.165, 1.54) is 5.52 Å². The van der Waals surface area contributed by atoms with Crippen molar-refractivity contribution in [3.63, 3.8) is 0 Å². The van der Waals surface area contributed by atoms with E-state index in [0.717, 1.165) is 30.7 Å². The van der Waals surface area contributed by atoms with Gasteiger partial charge in [-0.3, -0.25) is 0 Å². The quantitative estimate of drug-likeness (QED) is 0.796. The van der Waals surface area contributed by atoms with Crippen molar-refractivity contribution in [1.82, 2.24) is 9.55 Å². The van der Waals surface area contributed by atoms with E-state index < -0.39 is 0 Å². The van der Waals surface area contributed by atoms with Crippen LogP contribution >= 0.6 is 0 Å². The average Bonchev–Trinajstić information content (AvgIpc) is 2.65. The molecule has 0 atom stereocenters. The van der Waals surface area contributed by atoms with Crippen LogP contribution in [0, 0.1) is 5.41 Å². The van der Waals surface area contributed by atoms with Gasteiger partial charge in [0.15, 0.2) is 0 Å². The highest BCUT2D eigenvalue weighted by Crippen LogP contribution is 2.28. The van der Waals surface area contributed by atoms with Gasteiger partial charge in [0.1, 0.15) is 11.6 Å². The molecule has 2 rings (SSSR count). The van der Waals surface area contributed by atoms with Gasteiger partial charge in [-0.15, -0.1) is 0 Å². The summed E-state index contributed by atoms with van der Waals surface area (Å²) in [6.07, 6.45) is 2.52. The van der Waals surface area contributed by atoms with Crippen LogP contribution in [0.25, 0.3) is 11.0 Å². The van der Waals surface area contributed by atoms with Crippen LogP contribution in [0.5, 0.6) is 0 Å². The van der Waals surface area contributed by atoms with Crippen molar-refractivity contribution >= 4 is 16.8 Å². The molecule has 0 aliphatic rings. The number of fused-ring (bicyclic) bond motifs is 1. The zero-order chi connectivity index (χ0) is 14.8. The number of imidazole rings is 1. The number of carbonyl (C=O) groups excluding carboxylic acids is 1. The van der Waals surface area contributed by atoms with Crippen molar-refractivity contribution < 1.29 is 4.79 Å². The largest absolute Gasteiger partial charge is 0.328 e. The van der Waals surface area contributed by atoms with Crippen molar-refractivity contribution in [2.45, 2.75) is 53.5 Å². The highest BCUT2D eigenvalue weighted by atomic mass is 16.1. The number of hydrogen-bond acceptors (Lipinski definition) is 2. The molecule has 2 aromatic rings. The maximum Gasteiger partial charge on any atom is 0.130 e. The lowest BCUT2D eigenvalue weighted by Crippen LogP contribution is -2.21. The van der Waals surface area contributed by atoms with Crippen LogP contribution in [0.3, 0.4) is 0 Å². The first-order valence-electron chi connectivity index (χ1n) is 7.36. The molecule has 0 saturated heterocycles. The molecule has 1 heterocycles. The van der Waals surface area contributed by atoms with E-state index in [4.69, 9.17) is 4.98 Å². The minimum absolute atomic E-state index is 0.0430. The predicted octanol–water partition coefficient (Wildman–Crippen LogP) is 3.99. The minimum Gasteiger partial charge on any atom is -0.328 e. The van der Waals surface area contributed by atoms with E-state index in [9.17, 15) is 4.79 Å². The molecular formula is C17H24N2O. The van der Waals surface area contributed by atoms with E-state index in [2.05, 4.69) is 43.5 Å². The lowest BCUT2D eigenvalue weighted by molar-refractivity contribution is -0.118. The molecule has 0 fully saturated rings. The summed E-state index contributed by atoms with van der Waals surface area (Å²) in [5.74, 6) is 1.34. The van der Waals surface area contributed by atoms with Gasteiger partial charge in [-0.25, -0.2) is 4.98 Å². The Morgan fingerprint density at radius 2 is 2.00 bits per heavy atom. The Morgan fingerprint density at radius 1 is 1.30 bits per heavy atom. The number of benzene rings is 1. The molecule has 20 heavy (non-hydrogen) atoms. The van der Waals surface area contributed by atoms with Gasteiger partial charge in [0.2, 0.25) is 0 Å². The van der Waals surface area contributed by atoms with Crippen LogP contribution in [-0.2, 0) is 17.8 Å². The van der Waals surface area contributed by atoms with Crippen molar-refractivity contribution in [3.8, 4) is 0 Å². The third-order valence-electron chi connectivity index (χ3n) is 3.54. The Hall–Kier alpha value is -1.64.